The van der Waals surface area contributed by atoms with Crippen molar-refractivity contribution in [2.24, 2.45) is 5.92 Å². The lowest BCUT2D eigenvalue weighted by molar-refractivity contribution is -0.122. The second kappa shape index (κ2) is 6.53. The Balaban J connectivity index is 1.50. The van der Waals surface area contributed by atoms with Crippen LogP contribution in [0.2, 0.25) is 5.02 Å². The number of rotatable bonds is 5. The standard InChI is InChI=1S/C19H20ClNO/c1-13-6-2-3-7-14(13)10-11-21-19(22)17-12-16(17)15-8-4-5-9-18(15)20/h2-9,16-17H,10-12H2,1H3,(H,21,22). The van der Waals surface area contributed by atoms with Gasteiger partial charge >= 0.3 is 0 Å². The van der Waals surface area contributed by atoms with Gasteiger partial charge in [-0.15, -0.1) is 0 Å². The fourth-order valence-electron chi connectivity index (χ4n) is 2.95. The van der Waals surface area contributed by atoms with Gasteiger partial charge in [0.1, 0.15) is 0 Å². The fraction of sp³-hybridized carbons (Fsp3) is 0.316. The molecule has 0 radical (unpaired) electrons. The fourth-order valence-corrected chi connectivity index (χ4v) is 3.22. The molecule has 2 aromatic carbocycles. The van der Waals surface area contributed by atoms with Gasteiger partial charge in [0.05, 0.1) is 0 Å². The highest BCUT2D eigenvalue weighted by molar-refractivity contribution is 6.31. The van der Waals surface area contributed by atoms with Crippen molar-refractivity contribution in [3.8, 4) is 0 Å². The van der Waals surface area contributed by atoms with Gasteiger partial charge in [0.25, 0.3) is 0 Å². The first kappa shape index (κ1) is 15.1. The van der Waals surface area contributed by atoms with E-state index in [2.05, 4.69) is 24.4 Å². The lowest BCUT2D eigenvalue weighted by Crippen LogP contribution is -2.27. The third-order valence-electron chi connectivity index (χ3n) is 4.39. The molecular formula is C19H20ClNO. The Morgan fingerprint density at radius 1 is 1.18 bits per heavy atom. The van der Waals surface area contributed by atoms with E-state index >= 15 is 0 Å². The zero-order valence-electron chi connectivity index (χ0n) is 12.7. The molecule has 2 nitrogen and oxygen atoms in total. The molecule has 0 saturated heterocycles. The Labute approximate surface area is 136 Å². The lowest BCUT2D eigenvalue weighted by atomic mass is 10.1. The van der Waals surface area contributed by atoms with Crippen LogP contribution in [0.25, 0.3) is 0 Å². The van der Waals surface area contributed by atoms with Crippen molar-refractivity contribution >= 4 is 17.5 Å². The number of nitrogens with one attached hydrogen (secondary N) is 1. The van der Waals surface area contributed by atoms with Crippen LogP contribution in [-0.4, -0.2) is 12.5 Å². The molecule has 0 bridgehead atoms. The Morgan fingerprint density at radius 3 is 2.68 bits per heavy atom. The highest BCUT2D eigenvalue weighted by Gasteiger charge is 2.44. The van der Waals surface area contributed by atoms with Crippen LogP contribution in [0.3, 0.4) is 0 Å². The Bertz CT molecular complexity index is 683. The summed E-state index contributed by atoms with van der Waals surface area (Å²) in [6, 6.07) is 16.1. The van der Waals surface area contributed by atoms with E-state index < -0.39 is 0 Å². The first-order valence-electron chi connectivity index (χ1n) is 7.73. The van der Waals surface area contributed by atoms with Crippen molar-refractivity contribution in [2.75, 3.05) is 6.54 Å². The molecule has 2 unspecified atom stereocenters. The van der Waals surface area contributed by atoms with Crippen molar-refractivity contribution < 1.29 is 4.79 Å². The Morgan fingerprint density at radius 2 is 1.91 bits per heavy atom. The number of amides is 1. The van der Waals surface area contributed by atoms with Crippen molar-refractivity contribution in [3.63, 3.8) is 0 Å². The molecule has 114 valence electrons. The SMILES string of the molecule is Cc1ccccc1CCNC(=O)C1CC1c1ccccc1Cl. The van der Waals surface area contributed by atoms with Crippen LogP contribution < -0.4 is 5.32 Å². The highest BCUT2D eigenvalue weighted by atomic mass is 35.5. The molecule has 1 saturated carbocycles. The average Bonchev–Trinajstić information content (AvgIpc) is 3.30. The van der Waals surface area contributed by atoms with E-state index in [-0.39, 0.29) is 17.7 Å². The van der Waals surface area contributed by atoms with Crippen LogP contribution in [0.5, 0.6) is 0 Å². The summed E-state index contributed by atoms with van der Waals surface area (Å²) in [5.74, 6) is 0.516. The number of aryl methyl sites for hydroxylation is 1. The van der Waals surface area contributed by atoms with E-state index in [9.17, 15) is 4.79 Å². The lowest BCUT2D eigenvalue weighted by Gasteiger charge is -2.08. The van der Waals surface area contributed by atoms with Crippen LogP contribution in [0.15, 0.2) is 48.5 Å². The minimum absolute atomic E-state index is 0.0803. The molecule has 1 amide bonds. The third-order valence-corrected chi connectivity index (χ3v) is 4.73. The first-order chi connectivity index (χ1) is 10.7. The van der Waals surface area contributed by atoms with Gasteiger partial charge in [-0.1, -0.05) is 54.1 Å². The molecule has 1 aliphatic carbocycles. The maximum Gasteiger partial charge on any atom is 0.223 e. The summed E-state index contributed by atoms with van der Waals surface area (Å²) < 4.78 is 0. The van der Waals surface area contributed by atoms with Crippen molar-refractivity contribution in [1.82, 2.24) is 5.32 Å². The van der Waals surface area contributed by atoms with E-state index in [1.807, 2.05) is 36.4 Å². The number of benzene rings is 2. The van der Waals surface area contributed by atoms with Gasteiger partial charge in [0.2, 0.25) is 5.91 Å². The summed E-state index contributed by atoms with van der Waals surface area (Å²) in [7, 11) is 0. The molecule has 1 N–H and O–H groups in total. The molecule has 3 heteroatoms. The molecule has 1 aliphatic rings. The number of carbonyl (C=O) groups is 1. The molecule has 2 aromatic rings. The number of halogens is 1. The van der Waals surface area contributed by atoms with Gasteiger partial charge in [-0.05, 0) is 48.4 Å². The number of carbonyl (C=O) groups excluding carboxylic acids is 1. The minimum Gasteiger partial charge on any atom is -0.356 e. The predicted molar refractivity (Wildman–Crippen MR) is 90.2 cm³/mol. The van der Waals surface area contributed by atoms with Gasteiger partial charge in [0, 0.05) is 17.5 Å². The molecule has 0 aliphatic heterocycles. The largest absolute Gasteiger partial charge is 0.356 e. The van der Waals surface area contributed by atoms with Gasteiger partial charge in [-0.3, -0.25) is 4.79 Å². The van der Waals surface area contributed by atoms with E-state index in [1.54, 1.807) is 0 Å². The van der Waals surface area contributed by atoms with Crippen LogP contribution in [0.4, 0.5) is 0 Å². The maximum absolute atomic E-state index is 12.2. The third kappa shape index (κ3) is 3.33. The summed E-state index contributed by atoms with van der Waals surface area (Å²) in [5.41, 5.74) is 3.67. The summed E-state index contributed by atoms with van der Waals surface area (Å²) in [4.78, 5) is 12.2. The molecule has 2 atom stereocenters. The van der Waals surface area contributed by atoms with Crippen molar-refractivity contribution in [3.05, 3.63) is 70.2 Å². The molecule has 0 aromatic heterocycles. The maximum atomic E-state index is 12.2. The Kier molecular flexibility index (Phi) is 4.49. The number of hydrogen-bond donors (Lipinski definition) is 1. The normalized spacial score (nSPS) is 19.7. The van der Waals surface area contributed by atoms with Crippen molar-refractivity contribution in [1.29, 1.82) is 0 Å². The molecule has 0 spiro atoms. The monoisotopic (exact) mass is 313 g/mol. The van der Waals surface area contributed by atoms with E-state index in [1.165, 1.54) is 11.1 Å². The molecule has 0 heterocycles. The van der Waals surface area contributed by atoms with Crippen LogP contribution in [-0.2, 0) is 11.2 Å². The predicted octanol–water partition coefficient (Wildman–Crippen LogP) is 4.11. The molecule has 3 rings (SSSR count). The van der Waals surface area contributed by atoms with Gasteiger partial charge in [0.15, 0.2) is 0 Å². The first-order valence-corrected chi connectivity index (χ1v) is 8.11. The zero-order valence-corrected chi connectivity index (χ0v) is 13.4. The van der Waals surface area contributed by atoms with E-state index in [4.69, 9.17) is 11.6 Å². The molecule has 1 fully saturated rings. The number of hydrogen-bond acceptors (Lipinski definition) is 1. The Hall–Kier alpha value is -1.80. The summed E-state index contributed by atoms with van der Waals surface area (Å²) in [6.45, 7) is 2.79. The minimum atomic E-state index is 0.0803. The topological polar surface area (TPSA) is 29.1 Å². The zero-order chi connectivity index (χ0) is 15.5. The quantitative estimate of drug-likeness (QED) is 0.884. The second-order valence-electron chi connectivity index (χ2n) is 5.94. The smallest absolute Gasteiger partial charge is 0.223 e. The average molecular weight is 314 g/mol. The highest BCUT2D eigenvalue weighted by Crippen LogP contribution is 2.49. The summed E-state index contributed by atoms with van der Waals surface area (Å²) in [5, 5.41) is 3.82. The van der Waals surface area contributed by atoms with Crippen LogP contribution in [0.1, 0.15) is 29.0 Å². The van der Waals surface area contributed by atoms with Gasteiger partial charge in [-0.2, -0.15) is 0 Å². The summed E-state index contributed by atoms with van der Waals surface area (Å²) >= 11 is 6.20. The van der Waals surface area contributed by atoms with Crippen LogP contribution in [0, 0.1) is 12.8 Å². The van der Waals surface area contributed by atoms with Crippen LogP contribution >= 0.6 is 11.6 Å². The molecule has 22 heavy (non-hydrogen) atoms. The summed E-state index contributed by atoms with van der Waals surface area (Å²) in [6.07, 6.45) is 1.78. The molecular weight excluding hydrogens is 294 g/mol. The van der Waals surface area contributed by atoms with Gasteiger partial charge < -0.3 is 5.32 Å². The van der Waals surface area contributed by atoms with E-state index in [0.717, 1.165) is 23.4 Å². The van der Waals surface area contributed by atoms with E-state index in [0.29, 0.717) is 6.54 Å². The van der Waals surface area contributed by atoms with Crippen molar-refractivity contribution in [2.45, 2.75) is 25.7 Å². The second-order valence-corrected chi connectivity index (χ2v) is 6.34. The van der Waals surface area contributed by atoms with Gasteiger partial charge in [-0.25, -0.2) is 0 Å².